The Morgan fingerprint density at radius 1 is 1.05 bits per heavy atom. The van der Waals surface area contributed by atoms with Gasteiger partial charge in [0.1, 0.15) is 0 Å². The van der Waals surface area contributed by atoms with Gasteiger partial charge in [0, 0.05) is 18.5 Å². The van der Waals surface area contributed by atoms with E-state index in [1.54, 1.807) is 31.2 Å². The molecule has 5 heteroatoms. The molecule has 0 saturated carbocycles. The van der Waals surface area contributed by atoms with Crippen molar-refractivity contribution in [2.24, 2.45) is 0 Å². The van der Waals surface area contributed by atoms with E-state index in [1.807, 2.05) is 30.3 Å². The third-order valence-electron chi connectivity index (χ3n) is 3.62. The van der Waals surface area contributed by atoms with Crippen LogP contribution in [-0.4, -0.2) is 26.3 Å². The monoisotopic (exact) mass is 319 g/mol. The van der Waals surface area contributed by atoms with Gasteiger partial charge in [-0.15, -0.1) is 0 Å². The van der Waals surface area contributed by atoms with Crippen LogP contribution in [0.3, 0.4) is 0 Å². The SMILES string of the molecule is CC(O)(CCNc1ccc(S(C)(=O)=O)cc1)c1ccccc1. The summed E-state index contributed by atoms with van der Waals surface area (Å²) in [5.74, 6) is 0. The summed E-state index contributed by atoms with van der Waals surface area (Å²) in [4.78, 5) is 0.300. The molecule has 118 valence electrons. The average molecular weight is 319 g/mol. The van der Waals surface area contributed by atoms with Gasteiger partial charge >= 0.3 is 0 Å². The van der Waals surface area contributed by atoms with E-state index in [9.17, 15) is 13.5 Å². The number of sulfone groups is 1. The molecule has 0 aliphatic heterocycles. The fourth-order valence-corrected chi connectivity index (χ4v) is 2.84. The van der Waals surface area contributed by atoms with Crippen molar-refractivity contribution in [3.05, 3.63) is 60.2 Å². The van der Waals surface area contributed by atoms with E-state index in [0.717, 1.165) is 11.3 Å². The molecule has 22 heavy (non-hydrogen) atoms. The standard InChI is InChI=1S/C17H21NO3S/c1-17(19,14-6-4-3-5-7-14)12-13-18-15-8-10-16(11-9-15)22(2,20)21/h3-11,18-19H,12-13H2,1-2H3. The highest BCUT2D eigenvalue weighted by atomic mass is 32.2. The van der Waals surface area contributed by atoms with E-state index in [-0.39, 0.29) is 0 Å². The van der Waals surface area contributed by atoms with Gasteiger partial charge in [-0.25, -0.2) is 8.42 Å². The summed E-state index contributed by atoms with van der Waals surface area (Å²) in [5.41, 5.74) is 0.807. The lowest BCUT2D eigenvalue weighted by Crippen LogP contribution is -2.24. The van der Waals surface area contributed by atoms with Gasteiger partial charge in [0.05, 0.1) is 10.5 Å². The summed E-state index contributed by atoms with van der Waals surface area (Å²) in [6, 6.07) is 16.1. The molecule has 0 aliphatic rings. The summed E-state index contributed by atoms with van der Waals surface area (Å²) in [5, 5.41) is 13.7. The molecule has 0 aliphatic carbocycles. The number of nitrogens with one attached hydrogen (secondary N) is 1. The summed E-state index contributed by atoms with van der Waals surface area (Å²) >= 11 is 0. The molecule has 2 N–H and O–H groups in total. The predicted octanol–water partition coefficient (Wildman–Crippen LogP) is 2.80. The first kappa shape index (κ1) is 16.5. The van der Waals surface area contributed by atoms with E-state index >= 15 is 0 Å². The highest BCUT2D eigenvalue weighted by Crippen LogP contribution is 2.24. The van der Waals surface area contributed by atoms with Gasteiger partial charge in [0.25, 0.3) is 0 Å². The van der Waals surface area contributed by atoms with Gasteiger partial charge in [-0.3, -0.25) is 0 Å². The van der Waals surface area contributed by atoms with Gasteiger partial charge in [0.15, 0.2) is 9.84 Å². The summed E-state index contributed by atoms with van der Waals surface area (Å²) < 4.78 is 22.8. The minimum Gasteiger partial charge on any atom is -0.385 e. The second kappa shape index (κ2) is 6.50. The van der Waals surface area contributed by atoms with Crippen LogP contribution < -0.4 is 5.32 Å². The van der Waals surface area contributed by atoms with E-state index in [0.29, 0.717) is 17.9 Å². The van der Waals surface area contributed by atoms with E-state index in [4.69, 9.17) is 0 Å². The number of rotatable bonds is 6. The largest absolute Gasteiger partial charge is 0.385 e. The summed E-state index contributed by atoms with van der Waals surface area (Å²) in [6.45, 7) is 2.37. The second-order valence-electron chi connectivity index (χ2n) is 5.61. The average Bonchev–Trinajstić information content (AvgIpc) is 2.48. The Morgan fingerprint density at radius 2 is 1.64 bits per heavy atom. The van der Waals surface area contributed by atoms with Gasteiger partial charge < -0.3 is 10.4 Å². The van der Waals surface area contributed by atoms with E-state index in [1.165, 1.54) is 6.26 Å². The maximum atomic E-state index is 11.4. The molecular formula is C17H21NO3S. The smallest absolute Gasteiger partial charge is 0.175 e. The quantitative estimate of drug-likeness (QED) is 0.859. The number of hydrogen-bond acceptors (Lipinski definition) is 4. The Kier molecular flexibility index (Phi) is 4.88. The molecule has 4 nitrogen and oxygen atoms in total. The van der Waals surface area contributed by atoms with Crippen molar-refractivity contribution >= 4 is 15.5 Å². The summed E-state index contributed by atoms with van der Waals surface area (Å²) in [7, 11) is -3.17. The fourth-order valence-electron chi connectivity index (χ4n) is 2.21. The third-order valence-corrected chi connectivity index (χ3v) is 4.75. The zero-order valence-electron chi connectivity index (χ0n) is 12.8. The topological polar surface area (TPSA) is 66.4 Å². The molecule has 2 aromatic carbocycles. The van der Waals surface area contributed by atoms with Crippen molar-refractivity contribution in [2.45, 2.75) is 23.8 Å². The van der Waals surface area contributed by atoms with Crippen molar-refractivity contribution in [2.75, 3.05) is 18.1 Å². The van der Waals surface area contributed by atoms with Crippen molar-refractivity contribution in [1.82, 2.24) is 0 Å². The van der Waals surface area contributed by atoms with Crippen LogP contribution in [0.4, 0.5) is 5.69 Å². The Morgan fingerprint density at radius 3 is 2.18 bits per heavy atom. The Hall–Kier alpha value is -1.85. The normalized spacial score (nSPS) is 14.3. The molecule has 2 aromatic rings. The van der Waals surface area contributed by atoms with Gasteiger partial charge in [-0.1, -0.05) is 30.3 Å². The molecule has 0 radical (unpaired) electrons. The number of anilines is 1. The first-order chi connectivity index (χ1) is 10.3. The van der Waals surface area contributed by atoms with Gasteiger partial charge in [-0.05, 0) is 43.2 Å². The zero-order valence-corrected chi connectivity index (χ0v) is 13.6. The highest BCUT2D eigenvalue weighted by Gasteiger charge is 2.21. The third kappa shape index (κ3) is 4.32. The molecular weight excluding hydrogens is 298 g/mol. The van der Waals surface area contributed by atoms with Crippen LogP contribution in [0.1, 0.15) is 18.9 Å². The Labute approximate surface area is 131 Å². The molecule has 0 spiro atoms. The zero-order chi connectivity index (χ0) is 16.2. The van der Waals surface area contributed by atoms with Crippen molar-refractivity contribution in [3.63, 3.8) is 0 Å². The lowest BCUT2D eigenvalue weighted by molar-refractivity contribution is 0.0515. The van der Waals surface area contributed by atoms with Gasteiger partial charge in [-0.2, -0.15) is 0 Å². The molecule has 0 heterocycles. The second-order valence-corrected chi connectivity index (χ2v) is 7.63. The minimum atomic E-state index is -3.17. The van der Waals surface area contributed by atoms with E-state index < -0.39 is 15.4 Å². The number of aliphatic hydroxyl groups is 1. The molecule has 1 atom stereocenters. The van der Waals surface area contributed by atoms with E-state index in [2.05, 4.69) is 5.32 Å². The van der Waals surface area contributed by atoms with Crippen LogP contribution in [0.5, 0.6) is 0 Å². The molecule has 0 fully saturated rings. The van der Waals surface area contributed by atoms with Crippen LogP contribution in [-0.2, 0) is 15.4 Å². The Bertz CT molecular complexity index is 707. The first-order valence-electron chi connectivity index (χ1n) is 7.11. The lowest BCUT2D eigenvalue weighted by atomic mass is 9.92. The number of benzene rings is 2. The lowest BCUT2D eigenvalue weighted by Gasteiger charge is -2.24. The highest BCUT2D eigenvalue weighted by molar-refractivity contribution is 7.90. The van der Waals surface area contributed by atoms with Crippen molar-refractivity contribution in [3.8, 4) is 0 Å². The molecule has 0 saturated heterocycles. The van der Waals surface area contributed by atoms with Gasteiger partial charge in [0.2, 0.25) is 0 Å². The maximum absolute atomic E-state index is 11.4. The molecule has 0 bridgehead atoms. The molecule has 2 rings (SSSR count). The number of hydrogen-bond donors (Lipinski definition) is 2. The van der Waals surface area contributed by atoms with Crippen molar-refractivity contribution in [1.29, 1.82) is 0 Å². The fraction of sp³-hybridized carbons (Fsp3) is 0.294. The maximum Gasteiger partial charge on any atom is 0.175 e. The molecule has 1 unspecified atom stereocenters. The first-order valence-corrected chi connectivity index (χ1v) is 9.00. The van der Waals surface area contributed by atoms with Crippen LogP contribution >= 0.6 is 0 Å². The van der Waals surface area contributed by atoms with Crippen LogP contribution in [0, 0.1) is 0 Å². The van der Waals surface area contributed by atoms with Crippen LogP contribution in [0.25, 0.3) is 0 Å². The van der Waals surface area contributed by atoms with Crippen molar-refractivity contribution < 1.29 is 13.5 Å². The molecule has 0 amide bonds. The summed E-state index contributed by atoms with van der Waals surface area (Å²) in [6.07, 6.45) is 1.73. The molecule has 0 aromatic heterocycles. The van der Waals surface area contributed by atoms with Crippen LogP contribution in [0.2, 0.25) is 0 Å². The minimum absolute atomic E-state index is 0.300. The van der Waals surface area contributed by atoms with Crippen LogP contribution in [0.15, 0.2) is 59.5 Å². The predicted molar refractivity (Wildman–Crippen MR) is 88.7 cm³/mol. The Balaban J connectivity index is 1.94.